The summed E-state index contributed by atoms with van der Waals surface area (Å²) in [5, 5.41) is 29.2. The van der Waals surface area contributed by atoms with Crippen molar-refractivity contribution in [1.82, 2.24) is 18.3 Å². The van der Waals surface area contributed by atoms with Crippen LogP contribution in [0.5, 0.6) is 0 Å². The summed E-state index contributed by atoms with van der Waals surface area (Å²) >= 11 is 0. The minimum absolute atomic E-state index is 0.371. The Bertz CT molecular complexity index is 6540. The molecule has 422 valence electrons. The summed E-state index contributed by atoms with van der Waals surface area (Å²) in [5.74, 6) is 0. The van der Waals surface area contributed by atoms with Gasteiger partial charge in [-0.2, -0.15) is 5.26 Å². The molecule has 0 aliphatic heterocycles. The first kappa shape index (κ1) is 48.5. The molecule has 8 aromatic heterocycles. The minimum Gasteiger partial charge on any atom is -0.454 e. The summed E-state index contributed by atoms with van der Waals surface area (Å²) in [4.78, 5) is 5.23. The van der Waals surface area contributed by atoms with E-state index >= 15 is 0 Å². The van der Waals surface area contributed by atoms with Crippen LogP contribution in [-0.2, 0) is 0 Å². The van der Waals surface area contributed by atoms with Crippen molar-refractivity contribution in [2.45, 2.75) is 0 Å². The molecule has 8 heterocycles. The van der Waals surface area contributed by atoms with Gasteiger partial charge in [0.05, 0.1) is 66.9 Å². The monoisotopic (exact) mass is 1160 g/mol. The molecule has 0 spiro atoms. The lowest BCUT2D eigenvalue weighted by atomic mass is 9.98. The van der Waals surface area contributed by atoms with E-state index in [4.69, 9.17) is 22.7 Å². The summed E-state index contributed by atoms with van der Waals surface area (Å²) in [6.07, 6.45) is 2.01. The van der Waals surface area contributed by atoms with Crippen LogP contribution in [0.15, 0.2) is 265 Å². The third kappa shape index (κ3) is 6.11. The van der Waals surface area contributed by atoms with Crippen LogP contribution in [0.3, 0.4) is 0 Å². The molecule has 0 N–H and O–H groups in total. The smallest absolute Gasteiger partial charge is 0.160 e. The first-order valence-electron chi connectivity index (χ1n) is 30.5. The Balaban J connectivity index is 1.11. The van der Waals surface area contributed by atoms with Gasteiger partial charge in [-0.15, -0.1) is 0 Å². The molecular formula is C81H44N6O4. The van der Waals surface area contributed by atoms with Crippen molar-refractivity contribution in [1.29, 1.82) is 5.26 Å². The second-order valence-electron chi connectivity index (χ2n) is 23.8. The molecule has 0 aliphatic rings. The van der Waals surface area contributed by atoms with Crippen LogP contribution in [-0.4, -0.2) is 31.5 Å². The van der Waals surface area contributed by atoms with E-state index in [9.17, 15) is 5.26 Å². The van der Waals surface area contributed by atoms with Crippen molar-refractivity contribution in [2.24, 2.45) is 4.99 Å². The summed E-state index contributed by atoms with van der Waals surface area (Å²) in [5.41, 5.74) is 16.4. The van der Waals surface area contributed by atoms with Crippen molar-refractivity contribution < 1.29 is 17.7 Å². The number of fused-ring (bicyclic) bond motifs is 28. The van der Waals surface area contributed by atoms with Gasteiger partial charge in [0.1, 0.15) is 34.0 Å². The van der Waals surface area contributed by atoms with Gasteiger partial charge >= 0.3 is 0 Å². The van der Waals surface area contributed by atoms with E-state index in [1.54, 1.807) is 0 Å². The quantitative estimate of drug-likeness (QED) is 0.160. The Morgan fingerprint density at radius 1 is 0.286 bits per heavy atom. The van der Waals surface area contributed by atoms with Gasteiger partial charge < -0.3 is 35.9 Å². The Morgan fingerprint density at radius 3 is 0.802 bits per heavy atom. The van der Waals surface area contributed by atoms with Gasteiger partial charge in [-0.25, -0.2) is 0 Å². The molecule has 0 saturated heterocycles. The molecule has 0 aliphatic carbocycles. The van der Waals surface area contributed by atoms with Crippen LogP contribution in [0.1, 0.15) is 11.1 Å². The van der Waals surface area contributed by atoms with Crippen molar-refractivity contribution in [3.05, 3.63) is 254 Å². The van der Waals surface area contributed by atoms with E-state index in [-0.39, 0.29) is 0 Å². The lowest BCUT2D eigenvalue weighted by Crippen LogP contribution is -2.18. The molecule has 21 aromatic rings. The number of aromatic nitrogens is 4. The Labute approximate surface area is 514 Å². The zero-order valence-electron chi connectivity index (χ0n) is 48.5. The number of hydrogen-bond donors (Lipinski definition) is 0. The Kier molecular flexibility index (Phi) is 9.37. The van der Waals surface area contributed by atoms with E-state index in [0.29, 0.717) is 56.2 Å². The number of hydrogen-bond acceptors (Lipinski definition) is 6. The highest BCUT2D eigenvalue weighted by atomic mass is 16.3. The zero-order chi connectivity index (χ0) is 59.5. The maximum atomic E-state index is 13.5. The topological polar surface area (TPSA) is 108 Å². The van der Waals surface area contributed by atoms with Gasteiger partial charge in [-0.05, 0) is 72.8 Å². The Morgan fingerprint density at radius 2 is 0.527 bits per heavy atom. The summed E-state index contributed by atoms with van der Waals surface area (Å²) in [6.45, 7) is 0. The van der Waals surface area contributed by atoms with Crippen LogP contribution < -0.4 is 0 Å². The molecule has 10 heteroatoms. The van der Waals surface area contributed by atoms with Gasteiger partial charge in [-0.1, -0.05) is 170 Å². The van der Waals surface area contributed by atoms with E-state index in [2.05, 4.69) is 218 Å². The predicted molar refractivity (Wildman–Crippen MR) is 371 cm³/mol. The predicted octanol–water partition coefficient (Wildman–Crippen LogP) is 21.6. The van der Waals surface area contributed by atoms with Gasteiger partial charge in [-0.3, -0.25) is 4.99 Å². The first-order valence-corrected chi connectivity index (χ1v) is 30.5. The highest BCUT2D eigenvalue weighted by Crippen LogP contribution is 2.53. The van der Waals surface area contributed by atoms with Gasteiger partial charge in [0.25, 0.3) is 0 Å². The van der Waals surface area contributed by atoms with Crippen LogP contribution in [0.4, 0.5) is 0 Å². The van der Waals surface area contributed by atoms with Crippen LogP contribution in [0, 0.1) is 11.3 Å². The Hall–Kier alpha value is -12.6. The fraction of sp³-hybridized carbons (Fsp3) is 0.0123. The number of rotatable bonds is 5. The lowest BCUT2D eigenvalue weighted by molar-refractivity contribution is 0.670. The SMILES string of the molecule is C/N=C/c1c(-n2c3ccccc3c3ccc4c5ccccc5oc4c32)c(-n2c3ccccc3c3ccc4c5ccccc5oc4c32)c(C#N)c(-n2c3ccccc3c3ccc4c5ccccc5oc4c32)c1-n1c2ccccc2c2ccc3c4ccccc4oc3c21. The number of furan rings is 4. The van der Waals surface area contributed by atoms with Crippen LogP contribution in [0.2, 0.25) is 0 Å². The second-order valence-corrected chi connectivity index (χ2v) is 23.8. The fourth-order valence-electron chi connectivity index (χ4n) is 15.8. The normalized spacial score (nSPS) is 12.6. The van der Waals surface area contributed by atoms with Crippen molar-refractivity contribution in [3.8, 4) is 28.8 Å². The highest BCUT2D eigenvalue weighted by Gasteiger charge is 2.37. The number of nitrogens with zero attached hydrogens (tertiary/aromatic N) is 6. The van der Waals surface area contributed by atoms with E-state index in [1.807, 2.05) is 61.8 Å². The second kappa shape index (κ2) is 17.6. The zero-order valence-corrected chi connectivity index (χ0v) is 48.5. The van der Waals surface area contributed by atoms with Gasteiger partial charge in [0.2, 0.25) is 0 Å². The average molecular weight is 1170 g/mol. The molecule has 91 heavy (non-hydrogen) atoms. The molecule has 10 nitrogen and oxygen atoms in total. The van der Waals surface area contributed by atoms with Crippen LogP contribution in [0.25, 0.3) is 198 Å². The molecular weight excluding hydrogens is 1120 g/mol. The fourth-order valence-corrected chi connectivity index (χ4v) is 15.8. The molecule has 0 amide bonds. The largest absolute Gasteiger partial charge is 0.454 e. The van der Waals surface area contributed by atoms with E-state index in [1.165, 1.54) is 0 Å². The molecule has 0 fully saturated rings. The summed E-state index contributed by atoms with van der Waals surface area (Å²) < 4.78 is 38.3. The molecule has 0 bridgehead atoms. The summed E-state index contributed by atoms with van der Waals surface area (Å²) in [7, 11) is 1.84. The average Bonchev–Trinajstić information content (AvgIpc) is 1.59. The summed E-state index contributed by atoms with van der Waals surface area (Å²) in [6, 6.07) is 87.9. The maximum absolute atomic E-state index is 13.5. The number of aliphatic imine (C=N–C) groups is 1. The molecule has 0 atom stereocenters. The molecule has 0 unspecified atom stereocenters. The van der Waals surface area contributed by atoms with E-state index < -0.39 is 0 Å². The number of nitriles is 1. The van der Waals surface area contributed by atoms with Gasteiger partial charge in [0, 0.05) is 105 Å². The lowest BCUT2D eigenvalue weighted by Gasteiger charge is -2.28. The molecule has 0 saturated carbocycles. The third-order valence-corrected chi connectivity index (χ3v) is 19.4. The van der Waals surface area contributed by atoms with Crippen molar-refractivity contribution >= 4 is 181 Å². The van der Waals surface area contributed by atoms with E-state index in [0.717, 1.165) is 153 Å². The standard InChI is InChI=1S/C81H44N6O4/c1-83-43-61-72(86-64-28-12-4-20-46(64)54-36-40-58-50-24-8-16-32-68(50)90-80(58)76(54)86)70(84-62-26-10-2-18-44(62)52-34-38-56-48-22-6-14-30-66(48)88-78(56)74(52)84)60(42-82)71(85-63-27-11-3-19-45(63)53-35-39-57-49-23-7-15-31-67(49)89-79(57)75(53)85)73(61)87-65-29-13-5-21-47(65)55-37-41-59-51-25-9-17-33-69(51)91-81(59)77(55)87/h2-41,43H,1H3/b83-43+. The highest BCUT2D eigenvalue weighted by molar-refractivity contribution is 6.28. The molecule has 21 rings (SSSR count). The first-order chi connectivity index (χ1) is 45.1. The third-order valence-electron chi connectivity index (χ3n) is 19.4. The van der Waals surface area contributed by atoms with Crippen molar-refractivity contribution in [3.63, 3.8) is 0 Å². The van der Waals surface area contributed by atoms with Crippen LogP contribution >= 0.6 is 0 Å². The number of para-hydroxylation sites is 8. The molecule has 13 aromatic carbocycles. The minimum atomic E-state index is 0.371. The van der Waals surface area contributed by atoms with Crippen molar-refractivity contribution in [2.75, 3.05) is 7.05 Å². The van der Waals surface area contributed by atoms with Gasteiger partial charge in [0.15, 0.2) is 22.3 Å². The molecule has 0 radical (unpaired) electrons. The maximum Gasteiger partial charge on any atom is 0.160 e. The number of benzene rings is 13.